The zero-order chi connectivity index (χ0) is 15.5. The van der Waals surface area contributed by atoms with Gasteiger partial charge in [-0.2, -0.15) is 0 Å². The van der Waals surface area contributed by atoms with Gasteiger partial charge >= 0.3 is 0 Å². The average Bonchev–Trinajstić information content (AvgIpc) is 2.55. The van der Waals surface area contributed by atoms with Gasteiger partial charge in [0, 0.05) is 0 Å². The molecule has 0 saturated heterocycles. The predicted molar refractivity (Wildman–Crippen MR) is 88.3 cm³/mol. The maximum absolute atomic E-state index is 14.4. The van der Waals surface area contributed by atoms with Crippen LogP contribution in [0.3, 0.4) is 0 Å². The Balaban J connectivity index is 1.45. The van der Waals surface area contributed by atoms with E-state index >= 15 is 0 Å². The Kier molecular flexibility index (Phi) is 5.79. The van der Waals surface area contributed by atoms with E-state index < -0.39 is 12.3 Å². The van der Waals surface area contributed by atoms with Crippen molar-refractivity contribution in [1.82, 2.24) is 0 Å². The zero-order valence-electron chi connectivity index (χ0n) is 14.3. The van der Waals surface area contributed by atoms with Crippen molar-refractivity contribution >= 4 is 0 Å². The summed E-state index contributed by atoms with van der Waals surface area (Å²) in [5.74, 6) is 2.25. The third-order valence-electron chi connectivity index (χ3n) is 7.10. The number of hydrogen-bond donors (Lipinski definition) is 0. The lowest BCUT2D eigenvalue weighted by atomic mass is 9.67. The fourth-order valence-corrected chi connectivity index (χ4v) is 5.57. The lowest BCUT2D eigenvalue weighted by molar-refractivity contribution is -0.00737. The molecule has 0 nitrogen and oxygen atoms in total. The molecular weight excluding hydrogens is 278 g/mol. The van der Waals surface area contributed by atoms with Gasteiger partial charge in [0.05, 0.1) is 0 Å². The molecule has 4 unspecified atom stereocenters. The Hall–Kier alpha value is -0.140. The van der Waals surface area contributed by atoms with Gasteiger partial charge < -0.3 is 0 Å². The molecule has 3 saturated carbocycles. The van der Waals surface area contributed by atoms with Crippen molar-refractivity contribution < 1.29 is 8.78 Å². The normalized spacial score (nSPS) is 44.9. The number of hydrogen-bond acceptors (Lipinski definition) is 0. The molecule has 3 aliphatic rings. The second-order valence-electron chi connectivity index (χ2n) is 8.63. The molecule has 0 heterocycles. The van der Waals surface area contributed by atoms with Gasteiger partial charge in [-0.15, -0.1) is 0 Å². The second kappa shape index (κ2) is 7.62. The highest BCUT2D eigenvalue weighted by atomic mass is 19.2. The van der Waals surface area contributed by atoms with E-state index in [-0.39, 0.29) is 11.8 Å². The summed E-state index contributed by atoms with van der Waals surface area (Å²) < 4.78 is 28.4. The topological polar surface area (TPSA) is 0 Å². The fraction of sp³-hybridized carbons (Fsp3) is 1.00. The molecule has 128 valence electrons. The second-order valence-corrected chi connectivity index (χ2v) is 8.63. The number of halogens is 2. The Morgan fingerprint density at radius 3 is 2.00 bits per heavy atom. The molecule has 22 heavy (non-hydrogen) atoms. The van der Waals surface area contributed by atoms with E-state index in [1.54, 1.807) is 0 Å². The van der Waals surface area contributed by atoms with Crippen LogP contribution in [0, 0.1) is 29.6 Å². The van der Waals surface area contributed by atoms with Crippen molar-refractivity contribution in [1.29, 1.82) is 0 Å². The average molecular weight is 312 g/mol. The van der Waals surface area contributed by atoms with Gasteiger partial charge in [0.25, 0.3) is 0 Å². The van der Waals surface area contributed by atoms with E-state index in [2.05, 4.69) is 0 Å². The van der Waals surface area contributed by atoms with Gasteiger partial charge in [0.15, 0.2) is 0 Å². The molecule has 0 amide bonds. The van der Waals surface area contributed by atoms with E-state index in [0.717, 1.165) is 37.5 Å². The standard InChI is InChI=1S/C20H34F2/c1-14-7-12-18(20(22)19(14)21)17-10-8-16(9-11-17)13-15-5-3-2-4-6-15/h14-20H,2-13H2,1H3. The van der Waals surface area contributed by atoms with E-state index in [1.165, 1.54) is 51.4 Å². The maximum atomic E-state index is 14.4. The molecule has 0 radical (unpaired) electrons. The summed E-state index contributed by atoms with van der Waals surface area (Å²) in [5, 5.41) is 0. The van der Waals surface area contributed by atoms with Crippen molar-refractivity contribution in [2.24, 2.45) is 29.6 Å². The highest BCUT2D eigenvalue weighted by Gasteiger charge is 2.42. The van der Waals surface area contributed by atoms with Crippen LogP contribution in [0.25, 0.3) is 0 Å². The zero-order valence-corrected chi connectivity index (χ0v) is 14.3. The molecule has 0 aromatic heterocycles. The van der Waals surface area contributed by atoms with Crippen LogP contribution in [0.1, 0.15) is 84.0 Å². The van der Waals surface area contributed by atoms with Crippen LogP contribution in [0.4, 0.5) is 8.78 Å². The molecular formula is C20H34F2. The predicted octanol–water partition coefficient (Wildman–Crippen LogP) is 6.49. The minimum Gasteiger partial charge on any atom is -0.244 e. The molecule has 0 spiro atoms. The van der Waals surface area contributed by atoms with Crippen LogP contribution in [-0.2, 0) is 0 Å². The Morgan fingerprint density at radius 1 is 0.682 bits per heavy atom. The van der Waals surface area contributed by atoms with Gasteiger partial charge in [0.2, 0.25) is 0 Å². The first-order valence-electron chi connectivity index (χ1n) is 9.93. The van der Waals surface area contributed by atoms with Crippen LogP contribution < -0.4 is 0 Å². The largest absolute Gasteiger partial charge is 0.244 e. The van der Waals surface area contributed by atoms with Crippen LogP contribution in [-0.4, -0.2) is 12.3 Å². The summed E-state index contributed by atoms with van der Waals surface area (Å²) in [4.78, 5) is 0. The highest BCUT2D eigenvalue weighted by Crippen LogP contribution is 2.45. The molecule has 0 aromatic carbocycles. The molecule has 3 aliphatic carbocycles. The SMILES string of the molecule is CC1CCC(C2CCC(CC3CCCCC3)CC2)C(F)C1F. The van der Waals surface area contributed by atoms with Crippen molar-refractivity contribution in [3.05, 3.63) is 0 Å². The van der Waals surface area contributed by atoms with Crippen molar-refractivity contribution in [2.45, 2.75) is 96.3 Å². The van der Waals surface area contributed by atoms with Gasteiger partial charge in [-0.25, -0.2) is 8.78 Å². The first-order chi connectivity index (χ1) is 10.6. The molecule has 0 bridgehead atoms. The van der Waals surface area contributed by atoms with E-state index in [0.29, 0.717) is 5.92 Å². The smallest absolute Gasteiger partial charge is 0.134 e. The molecule has 0 aromatic rings. The molecule has 3 rings (SSSR count). The first-order valence-corrected chi connectivity index (χ1v) is 9.93. The van der Waals surface area contributed by atoms with E-state index in [4.69, 9.17) is 0 Å². The molecule has 0 aliphatic heterocycles. The van der Waals surface area contributed by atoms with Crippen molar-refractivity contribution in [3.63, 3.8) is 0 Å². The maximum Gasteiger partial charge on any atom is 0.134 e. The van der Waals surface area contributed by atoms with Gasteiger partial charge in [0.1, 0.15) is 12.3 Å². The Bertz CT molecular complexity index is 329. The first kappa shape index (κ1) is 16.7. The molecule has 3 fully saturated rings. The monoisotopic (exact) mass is 312 g/mol. The Morgan fingerprint density at radius 2 is 1.32 bits per heavy atom. The van der Waals surface area contributed by atoms with Crippen LogP contribution >= 0.6 is 0 Å². The Labute approximate surface area is 135 Å². The van der Waals surface area contributed by atoms with Crippen LogP contribution in [0.5, 0.6) is 0 Å². The summed E-state index contributed by atoms with van der Waals surface area (Å²) in [7, 11) is 0. The summed E-state index contributed by atoms with van der Waals surface area (Å²) in [5.41, 5.74) is 0. The van der Waals surface area contributed by atoms with Crippen LogP contribution in [0.2, 0.25) is 0 Å². The third kappa shape index (κ3) is 3.85. The van der Waals surface area contributed by atoms with Gasteiger partial charge in [-0.05, 0) is 61.7 Å². The van der Waals surface area contributed by atoms with E-state index in [9.17, 15) is 8.78 Å². The lowest BCUT2D eigenvalue weighted by Crippen LogP contribution is -2.41. The van der Waals surface area contributed by atoms with Gasteiger partial charge in [-0.1, -0.05) is 51.9 Å². The summed E-state index contributed by atoms with van der Waals surface area (Å²) >= 11 is 0. The minimum atomic E-state index is -1.21. The summed E-state index contributed by atoms with van der Waals surface area (Å²) in [6, 6.07) is 0. The van der Waals surface area contributed by atoms with E-state index in [1.807, 2.05) is 6.92 Å². The van der Waals surface area contributed by atoms with Crippen molar-refractivity contribution in [2.75, 3.05) is 0 Å². The molecule has 4 atom stereocenters. The molecule has 0 N–H and O–H groups in total. The molecule has 2 heteroatoms. The quantitative estimate of drug-likeness (QED) is 0.559. The fourth-order valence-electron chi connectivity index (χ4n) is 5.57. The highest BCUT2D eigenvalue weighted by molar-refractivity contribution is 4.91. The lowest BCUT2D eigenvalue weighted by Gasteiger charge is -2.41. The van der Waals surface area contributed by atoms with Crippen LogP contribution in [0.15, 0.2) is 0 Å². The van der Waals surface area contributed by atoms with Crippen molar-refractivity contribution in [3.8, 4) is 0 Å². The summed E-state index contributed by atoms with van der Waals surface area (Å²) in [6.45, 7) is 1.87. The third-order valence-corrected chi connectivity index (χ3v) is 7.10. The van der Waals surface area contributed by atoms with Gasteiger partial charge in [-0.3, -0.25) is 0 Å². The number of alkyl halides is 2. The minimum absolute atomic E-state index is 0.0156. The summed E-state index contributed by atoms with van der Waals surface area (Å²) in [6.07, 6.45) is 12.9. The number of rotatable bonds is 3.